The first-order chi connectivity index (χ1) is 7.16. The van der Waals surface area contributed by atoms with Crippen LogP contribution in [0.1, 0.15) is 18.4 Å². The van der Waals surface area contributed by atoms with Crippen molar-refractivity contribution in [1.29, 1.82) is 0 Å². The second kappa shape index (κ2) is 3.93. The van der Waals surface area contributed by atoms with Gasteiger partial charge in [-0.05, 0) is 18.4 Å². The van der Waals surface area contributed by atoms with Gasteiger partial charge in [0.1, 0.15) is 7.85 Å². The summed E-state index contributed by atoms with van der Waals surface area (Å²) in [6, 6.07) is 7.29. The lowest BCUT2D eigenvalue weighted by atomic mass is 9.95. The molecule has 0 atom stereocenters. The van der Waals surface area contributed by atoms with Gasteiger partial charge in [-0.25, -0.2) is 0 Å². The van der Waals surface area contributed by atoms with E-state index >= 15 is 0 Å². The fraction of sp³-hybridized carbons (Fsp3) is 0.250. The zero-order valence-corrected chi connectivity index (χ0v) is 8.49. The van der Waals surface area contributed by atoms with Crippen molar-refractivity contribution in [3.8, 4) is 0 Å². The largest absolute Gasteiger partial charge is 0.326 e. The molecule has 1 fully saturated rings. The molecule has 0 aromatic heterocycles. The van der Waals surface area contributed by atoms with Crippen molar-refractivity contribution in [2.24, 2.45) is 5.92 Å². The zero-order valence-electron chi connectivity index (χ0n) is 8.49. The van der Waals surface area contributed by atoms with E-state index in [-0.39, 0.29) is 11.8 Å². The average molecular weight is 197 g/mol. The summed E-state index contributed by atoms with van der Waals surface area (Å²) in [6.07, 6.45) is 2.00. The van der Waals surface area contributed by atoms with Crippen molar-refractivity contribution < 1.29 is 4.79 Å². The average Bonchev–Trinajstić information content (AvgIpc) is 3.01. The summed E-state index contributed by atoms with van der Waals surface area (Å²) in [7, 11) is 5.57. The molecular formula is C12H12BNO. The van der Waals surface area contributed by atoms with Crippen LogP contribution in [0.5, 0.6) is 0 Å². The van der Waals surface area contributed by atoms with Crippen LogP contribution < -0.4 is 10.8 Å². The molecular weight excluding hydrogens is 185 g/mol. The summed E-state index contributed by atoms with van der Waals surface area (Å²) < 4.78 is 0. The van der Waals surface area contributed by atoms with E-state index < -0.39 is 0 Å². The van der Waals surface area contributed by atoms with Gasteiger partial charge in [-0.15, -0.1) is 0 Å². The number of carbonyl (C=O) groups excluding carboxylic acids is 1. The highest BCUT2D eigenvalue weighted by Crippen LogP contribution is 2.29. The van der Waals surface area contributed by atoms with Gasteiger partial charge in [0.2, 0.25) is 5.91 Å². The molecule has 0 unspecified atom stereocenters. The van der Waals surface area contributed by atoms with E-state index in [2.05, 4.69) is 11.9 Å². The van der Waals surface area contributed by atoms with Crippen LogP contribution in [0.2, 0.25) is 0 Å². The third kappa shape index (κ3) is 2.49. The number of benzene rings is 1. The van der Waals surface area contributed by atoms with Gasteiger partial charge in [-0.3, -0.25) is 4.79 Å². The second-order valence-electron chi connectivity index (χ2n) is 3.86. The maximum atomic E-state index is 11.5. The minimum atomic E-state index is 0.0804. The van der Waals surface area contributed by atoms with Crippen LogP contribution in [0.4, 0.5) is 0 Å². The molecule has 2 rings (SSSR count). The highest BCUT2D eigenvalue weighted by atomic mass is 16.2. The first kappa shape index (κ1) is 10.0. The van der Waals surface area contributed by atoms with Gasteiger partial charge in [-0.2, -0.15) is 0 Å². The summed E-state index contributed by atoms with van der Waals surface area (Å²) in [5, 5.41) is 2.80. The maximum absolute atomic E-state index is 11.5. The highest BCUT2D eigenvalue weighted by Gasteiger charge is 2.29. The van der Waals surface area contributed by atoms with Crippen LogP contribution in [0, 0.1) is 5.92 Å². The van der Waals surface area contributed by atoms with Crippen LogP contribution >= 0.6 is 0 Å². The van der Waals surface area contributed by atoms with E-state index in [9.17, 15) is 4.79 Å². The summed E-state index contributed by atoms with van der Waals surface area (Å²) in [4.78, 5) is 11.5. The van der Waals surface area contributed by atoms with E-state index in [1.807, 2.05) is 12.1 Å². The Balaban J connectivity index is 2.00. The fourth-order valence-corrected chi connectivity index (χ4v) is 1.35. The van der Waals surface area contributed by atoms with Crippen LogP contribution in [0.25, 0.3) is 5.70 Å². The van der Waals surface area contributed by atoms with Crippen LogP contribution in [0.15, 0.2) is 30.8 Å². The van der Waals surface area contributed by atoms with E-state index in [0.29, 0.717) is 11.2 Å². The van der Waals surface area contributed by atoms with Crippen LogP contribution in [-0.4, -0.2) is 13.8 Å². The molecule has 0 bridgehead atoms. The van der Waals surface area contributed by atoms with Gasteiger partial charge < -0.3 is 5.32 Å². The van der Waals surface area contributed by atoms with E-state index in [1.165, 1.54) is 0 Å². The number of nitrogens with one attached hydrogen (secondary N) is 1. The maximum Gasteiger partial charge on any atom is 0.227 e. The summed E-state index contributed by atoms with van der Waals surface area (Å²) in [5.74, 6) is 0.285. The molecule has 0 aliphatic heterocycles. The molecule has 0 heterocycles. The molecule has 74 valence electrons. The molecule has 3 heteroatoms. The standard InChI is InChI=1S/C12H12BNO/c1-8(14-12(15)10-2-3-10)9-4-6-11(13)7-5-9/h4-7,10H,1-3H2,(H,14,15). The molecule has 0 spiro atoms. The van der Waals surface area contributed by atoms with Gasteiger partial charge in [0.15, 0.2) is 0 Å². The lowest BCUT2D eigenvalue weighted by Crippen LogP contribution is -2.22. The fourth-order valence-electron chi connectivity index (χ4n) is 1.35. The molecule has 1 aliphatic rings. The third-order valence-corrected chi connectivity index (χ3v) is 2.48. The zero-order chi connectivity index (χ0) is 10.8. The predicted octanol–water partition coefficient (Wildman–Crippen LogP) is 0.977. The SMILES string of the molecule is [B]c1ccc(C(=C)NC(=O)C2CC2)cc1. The Hall–Kier alpha value is -1.51. The van der Waals surface area contributed by atoms with Crippen molar-refractivity contribution in [3.63, 3.8) is 0 Å². The minimum absolute atomic E-state index is 0.0804. The summed E-state index contributed by atoms with van der Waals surface area (Å²) in [6.45, 7) is 3.83. The Bertz CT molecular complexity index is 393. The minimum Gasteiger partial charge on any atom is -0.326 e. The molecule has 0 saturated heterocycles. The topological polar surface area (TPSA) is 29.1 Å². The van der Waals surface area contributed by atoms with Crippen LogP contribution in [0.3, 0.4) is 0 Å². The molecule has 1 aliphatic carbocycles. The number of hydrogen-bond donors (Lipinski definition) is 1. The van der Waals surface area contributed by atoms with Crippen molar-refractivity contribution in [2.75, 3.05) is 0 Å². The van der Waals surface area contributed by atoms with Gasteiger partial charge in [-0.1, -0.05) is 36.3 Å². The molecule has 1 aromatic carbocycles. The smallest absolute Gasteiger partial charge is 0.227 e. The van der Waals surface area contributed by atoms with E-state index in [0.717, 1.165) is 18.4 Å². The third-order valence-electron chi connectivity index (χ3n) is 2.48. The summed E-state index contributed by atoms with van der Waals surface area (Å²) in [5.41, 5.74) is 2.25. The van der Waals surface area contributed by atoms with Gasteiger partial charge in [0.05, 0.1) is 0 Å². The normalized spacial score (nSPS) is 14.7. The molecule has 15 heavy (non-hydrogen) atoms. The highest BCUT2D eigenvalue weighted by molar-refractivity contribution is 6.32. The lowest BCUT2D eigenvalue weighted by Gasteiger charge is -2.08. The van der Waals surface area contributed by atoms with Crippen LogP contribution in [-0.2, 0) is 4.79 Å². The molecule has 1 saturated carbocycles. The first-order valence-electron chi connectivity index (χ1n) is 5.02. The number of hydrogen-bond acceptors (Lipinski definition) is 1. The van der Waals surface area contributed by atoms with E-state index in [4.69, 9.17) is 7.85 Å². The Morgan fingerprint density at radius 1 is 1.33 bits per heavy atom. The van der Waals surface area contributed by atoms with Crippen molar-refractivity contribution in [1.82, 2.24) is 5.32 Å². The summed E-state index contributed by atoms with van der Waals surface area (Å²) >= 11 is 0. The lowest BCUT2D eigenvalue weighted by molar-refractivity contribution is -0.121. The quantitative estimate of drug-likeness (QED) is 0.719. The second-order valence-corrected chi connectivity index (χ2v) is 3.86. The molecule has 1 N–H and O–H groups in total. The monoisotopic (exact) mass is 197 g/mol. The first-order valence-corrected chi connectivity index (χ1v) is 5.02. The molecule has 2 nitrogen and oxygen atoms in total. The Morgan fingerprint density at radius 2 is 1.93 bits per heavy atom. The number of carbonyl (C=O) groups is 1. The van der Waals surface area contributed by atoms with Crippen molar-refractivity contribution in [2.45, 2.75) is 12.8 Å². The number of amides is 1. The van der Waals surface area contributed by atoms with E-state index in [1.54, 1.807) is 12.1 Å². The molecule has 2 radical (unpaired) electrons. The Labute approximate surface area is 90.8 Å². The van der Waals surface area contributed by atoms with Crippen molar-refractivity contribution in [3.05, 3.63) is 36.4 Å². The van der Waals surface area contributed by atoms with Crippen molar-refractivity contribution >= 4 is 24.9 Å². The molecule has 1 aromatic rings. The van der Waals surface area contributed by atoms with Gasteiger partial charge in [0.25, 0.3) is 0 Å². The van der Waals surface area contributed by atoms with Gasteiger partial charge >= 0.3 is 0 Å². The Morgan fingerprint density at radius 3 is 2.47 bits per heavy atom. The molecule has 1 amide bonds. The Kier molecular flexibility index (Phi) is 2.63. The predicted molar refractivity (Wildman–Crippen MR) is 61.7 cm³/mol. The number of rotatable bonds is 3. The van der Waals surface area contributed by atoms with Gasteiger partial charge in [0, 0.05) is 11.6 Å².